The van der Waals surface area contributed by atoms with E-state index in [4.69, 9.17) is 9.47 Å². The van der Waals surface area contributed by atoms with Gasteiger partial charge in [0.2, 0.25) is 0 Å². The lowest BCUT2D eigenvalue weighted by Crippen LogP contribution is -2.19. The van der Waals surface area contributed by atoms with Crippen molar-refractivity contribution in [2.75, 3.05) is 7.11 Å². The Bertz CT molecular complexity index is 1140. The van der Waals surface area contributed by atoms with Crippen molar-refractivity contribution >= 4 is 11.8 Å². The highest BCUT2D eigenvalue weighted by Crippen LogP contribution is 2.36. The number of esters is 1. The Morgan fingerprint density at radius 3 is 1.84 bits per heavy atom. The molecule has 0 N–H and O–H groups in total. The summed E-state index contributed by atoms with van der Waals surface area (Å²) in [5, 5.41) is 0. The molecule has 0 aliphatic rings. The average molecular weight is 417 g/mol. The summed E-state index contributed by atoms with van der Waals surface area (Å²) in [5.74, 6) is 0.797. The van der Waals surface area contributed by atoms with E-state index in [-0.39, 0.29) is 11.2 Å². The summed E-state index contributed by atoms with van der Waals surface area (Å²) in [4.78, 5) is 24.2. The normalized spacial score (nSPS) is 11.2. The third kappa shape index (κ3) is 4.69. The van der Waals surface area contributed by atoms with Crippen LogP contribution >= 0.6 is 0 Å². The first kappa shape index (κ1) is 22.3. The molecule has 0 bridgehead atoms. The standard InChI is InChI=1S/C27H28O4/c1-17-14-22(10-12-24(17)30-6)27(4,5)23-11-13-25(18(2)15-23)31-26(29)21-9-7-8-20(16-21)19(3)28/h7-16H,1-6H3. The van der Waals surface area contributed by atoms with Gasteiger partial charge in [0.1, 0.15) is 11.5 Å². The van der Waals surface area contributed by atoms with E-state index in [9.17, 15) is 9.59 Å². The van der Waals surface area contributed by atoms with Crippen molar-refractivity contribution in [3.8, 4) is 11.5 Å². The third-order valence-electron chi connectivity index (χ3n) is 5.72. The zero-order chi connectivity index (χ0) is 22.8. The quantitative estimate of drug-likeness (QED) is 0.278. The molecule has 4 heteroatoms. The van der Waals surface area contributed by atoms with Crippen molar-refractivity contribution < 1.29 is 19.1 Å². The van der Waals surface area contributed by atoms with Gasteiger partial charge >= 0.3 is 5.97 Å². The predicted molar refractivity (Wildman–Crippen MR) is 122 cm³/mol. The van der Waals surface area contributed by atoms with Gasteiger partial charge in [0.25, 0.3) is 0 Å². The van der Waals surface area contributed by atoms with Crippen LogP contribution in [0, 0.1) is 13.8 Å². The first-order valence-electron chi connectivity index (χ1n) is 10.2. The fourth-order valence-electron chi connectivity index (χ4n) is 3.61. The number of ketones is 1. The lowest BCUT2D eigenvalue weighted by molar-refractivity contribution is 0.0733. The van der Waals surface area contributed by atoms with Crippen molar-refractivity contribution in [3.63, 3.8) is 0 Å². The monoisotopic (exact) mass is 416 g/mol. The van der Waals surface area contributed by atoms with Crippen molar-refractivity contribution in [1.82, 2.24) is 0 Å². The molecule has 0 aliphatic heterocycles. The van der Waals surface area contributed by atoms with Crippen molar-refractivity contribution in [1.29, 1.82) is 0 Å². The molecule has 4 nitrogen and oxygen atoms in total. The van der Waals surface area contributed by atoms with E-state index in [0.717, 1.165) is 22.4 Å². The molecule has 160 valence electrons. The number of Topliss-reactive ketones (excluding diaryl/α,β-unsaturated/α-hetero) is 1. The molecule has 0 spiro atoms. The first-order chi connectivity index (χ1) is 14.6. The number of ether oxygens (including phenoxy) is 2. The number of hydrogen-bond donors (Lipinski definition) is 0. The van der Waals surface area contributed by atoms with Gasteiger partial charge in [-0.3, -0.25) is 4.79 Å². The van der Waals surface area contributed by atoms with Gasteiger partial charge in [0.15, 0.2) is 5.78 Å². The molecule has 0 heterocycles. The highest BCUT2D eigenvalue weighted by atomic mass is 16.5. The molecule has 0 amide bonds. The molecule has 3 aromatic carbocycles. The number of hydrogen-bond acceptors (Lipinski definition) is 4. The molecule has 0 fully saturated rings. The smallest absolute Gasteiger partial charge is 0.343 e. The Balaban J connectivity index is 1.85. The van der Waals surface area contributed by atoms with E-state index in [1.165, 1.54) is 12.5 Å². The van der Waals surface area contributed by atoms with Crippen LogP contribution in [0.5, 0.6) is 11.5 Å². The van der Waals surface area contributed by atoms with Crippen LogP contribution in [0.2, 0.25) is 0 Å². The molecule has 0 unspecified atom stereocenters. The minimum absolute atomic E-state index is 0.0915. The van der Waals surface area contributed by atoms with Crippen molar-refractivity contribution in [2.45, 2.75) is 40.0 Å². The topological polar surface area (TPSA) is 52.6 Å². The summed E-state index contributed by atoms with van der Waals surface area (Å²) in [6.07, 6.45) is 0. The Kier molecular flexibility index (Phi) is 6.30. The second-order valence-corrected chi connectivity index (χ2v) is 8.32. The van der Waals surface area contributed by atoms with Gasteiger partial charge < -0.3 is 9.47 Å². The Morgan fingerprint density at radius 1 is 0.774 bits per heavy atom. The van der Waals surface area contributed by atoms with Crippen LogP contribution in [0.4, 0.5) is 0 Å². The van der Waals surface area contributed by atoms with Gasteiger partial charge in [-0.1, -0.05) is 50.2 Å². The molecule has 0 atom stereocenters. The molecular formula is C27H28O4. The van der Waals surface area contributed by atoms with Crippen LogP contribution in [-0.2, 0) is 5.41 Å². The van der Waals surface area contributed by atoms with E-state index >= 15 is 0 Å². The predicted octanol–water partition coefficient (Wildman–Crippen LogP) is 6.06. The molecule has 0 aliphatic carbocycles. The maximum atomic E-state index is 12.6. The highest BCUT2D eigenvalue weighted by molar-refractivity contribution is 5.98. The highest BCUT2D eigenvalue weighted by Gasteiger charge is 2.25. The van der Waals surface area contributed by atoms with Gasteiger partial charge in [0.05, 0.1) is 12.7 Å². The third-order valence-corrected chi connectivity index (χ3v) is 5.72. The fourth-order valence-corrected chi connectivity index (χ4v) is 3.61. The number of carbonyl (C=O) groups is 2. The number of methoxy groups -OCH3 is 1. The average Bonchev–Trinajstić information content (AvgIpc) is 2.75. The fraction of sp³-hybridized carbons (Fsp3) is 0.259. The molecule has 0 radical (unpaired) electrons. The van der Waals surface area contributed by atoms with Crippen molar-refractivity contribution in [2.24, 2.45) is 0 Å². The molecule has 31 heavy (non-hydrogen) atoms. The van der Waals surface area contributed by atoms with E-state index in [1.807, 2.05) is 38.1 Å². The van der Waals surface area contributed by atoms with Crippen LogP contribution in [0.15, 0.2) is 60.7 Å². The van der Waals surface area contributed by atoms with Crippen LogP contribution in [0.25, 0.3) is 0 Å². The van der Waals surface area contributed by atoms with Crippen LogP contribution in [0.3, 0.4) is 0 Å². The Hall–Kier alpha value is -3.40. The Morgan fingerprint density at radius 2 is 1.32 bits per heavy atom. The maximum absolute atomic E-state index is 12.6. The number of aryl methyl sites for hydroxylation is 2. The molecular weight excluding hydrogens is 388 g/mol. The first-order valence-corrected chi connectivity index (χ1v) is 10.2. The van der Waals surface area contributed by atoms with E-state index in [1.54, 1.807) is 31.4 Å². The van der Waals surface area contributed by atoms with Gasteiger partial charge in [-0.2, -0.15) is 0 Å². The summed E-state index contributed by atoms with van der Waals surface area (Å²) in [6.45, 7) is 9.77. The zero-order valence-electron chi connectivity index (χ0n) is 18.9. The molecule has 0 saturated heterocycles. The minimum Gasteiger partial charge on any atom is -0.496 e. The summed E-state index contributed by atoms with van der Waals surface area (Å²) < 4.78 is 11.0. The van der Waals surface area contributed by atoms with Crippen LogP contribution < -0.4 is 9.47 Å². The second-order valence-electron chi connectivity index (χ2n) is 8.32. The minimum atomic E-state index is -0.482. The number of rotatable bonds is 6. The number of carbonyl (C=O) groups excluding carboxylic acids is 2. The molecule has 0 saturated carbocycles. The van der Waals surface area contributed by atoms with Gasteiger partial charge in [-0.25, -0.2) is 4.79 Å². The zero-order valence-corrected chi connectivity index (χ0v) is 18.9. The SMILES string of the molecule is COc1ccc(C(C)(C)c2ccc(OC(=O)c3cccc(C(C)=O)c3)c(C)c2)cc1C. The van der Waals surface area contributed by atoms with Gasteiger partial charge in [-0.05, 0) is 67.3 Å². The lowest BCUT2D eigenvalue weighted by atomic mass is 9.77. The summed E-state index contributed by atoms with van der Waals surface area (Å²) in [7, 11) is 1.67. The molecule has 3 aromatic rings. The van der Waals surface area contributed by atoms with Crippen LogP contribution in [0.1, 0.15) is 63.7 Å². The van der Waals surface area contributed by atoms with Crippen molar-refractivity contribution in [3.05, 3.63) is 94.0 Å². The summed E-state index contributed by atoms with van der Waals surface area (Å²) in [5.41, 5.74) is 4.85. The largest absolute Gasteiger partial charge is 0.496 e. The lowest BCUT2D eigenvalue weighted by Gasteiger charge is -2.27. The van der Waals surface area contributed by atoms with E-state index in [0.29, 0.717) is 16.9 Å². The molecule has 0 aromatic heterocycles. The van der Waals surface area contributed by atoms with Gasteiger partial charge in [-0.15, -0.1) is 0 Å². The second kappa shape index (κ2) is 8.76. The summed E-state index contributed by atoms with van der Waals surface area (Å²) in [6, 6.07) is 18.7. The van der Waals surface area contributed by atoms with E-state index < -0.39 is 5.97 Å². The molecule has 3 rings (SSSR count). The maximum Gasteiger partial charge on any atom is 0.343 e. The number of benzene rings is 3. The van der Waals surface area contributed by atoms with Crippen LogP contribution in [-0.4, -0.2) is 18.9 Å². The Labute approximate surface area is 183 Å². The van der Waals surface area contributed by atoms with Gasteiger partial charge in [0, 0.05) is 11.0 Å². The van der Waals surface area contributed by atoms with E-state index in [2.05, 4.69) is 26.0 Å². The summed E-state index contributed by atoms with van der Waals surface area (Å²) >= 11 is 0.